The summed E-state index contributed by atoms with van der Waals surface area (Å²) in [5.74, 6) is 2.36. The van der Waals surface area contributed by atoms with Crippen LogP contribution in [0.4, 0.5) is 17.1 Å². The fraction of sp³-hybridized carbons (Fsp3) is 0.256. The Morgan fingerprint density at radius 3 is 2.18 bits per heavy atom. The van der Waals surface area contributed by atoms with Crippen molar-refractivity contribution in [1.82, 2.24) is 9.55 Å². The predicted molar refractivity (Wildman–Crippen MR) is 184 cm³/mol. The number of nitrogens with zero attached hydrogens (tertiary/aromatic N) is 4. The maximum Gasteiger partial charge on any atom is 0.137 e. The zero-order chi connectivity index (χ0) is 32.4. The standard InChI is InChI=1S/C39H40N4O/c1-38(2,3)26-18-19-40-37(22-26)43-33-13-9-8-12-31(33)32-17-16-29(24-36(32)43)44-30-21-27(39(4,5)6)20-28(23-30)42-25-41(7)34-14-10-11-15-35(34)42/h8-24H,25H2,1-7H3/i7D2. The van der Waals surface area contributed by atoms with Crippen molar-refractivity contribution in [3.63, 3.8) is 0 Å². The summed E-state index contributed by atoms with van der Waals surface area (Å²) in [4.78, 5) is 8.78. The molecule has 5 heteroatoms. The zero-order valence-electron chi connectivity index (χ0n) is 28.3. The Morgan fingerprint density at radius 2 is 1.41 bits per heavy atom. The molecule has 3 heterocycles. The van der Waals surface area contributed by atoms with Crippen LogP contribution in [0.5, 0.6) is 11.5 Å². The first-order chi connectivity index (χ1) is 21.9. The van der Waals surface area contributed by atoms with E-state index < -0.39 is 7.00 Å². The number of rotatable bonds is 4. The molecule has 5 nitrogen and oxygen atoms in total. The summed E-state index contributed by atoms with van der Waals surface area (Å²) in [6.45, 7) is 12.6. The van der Waals surface area contributed by atoms with E-state index >= 15 is 0 Å². The molecular formula is C39H40N4O. The SMILES string of the molecule is [2H]C([2H])N1CN(c2cc(Oc3ccc4c5ccccc5n(-c5cc(C(C)(C)C)ccn5)c4c3)cc(C(C)(C)C)c2)c2ccccc21. The van der Waals surface area contributed by atoms with Crippen LogP contribution < -0.4 is 14.5 Å². The van der Waals surface area contributed by atoms with Crippen molar-refractivity contribution in [2.75, 3.05) is 23.5 Å². The molecule has 4 aromatic carbocycles. The van der Waals surface area contributed by atoms with Crippen molar-refractivity contribution >= 4 is 38.9 Å². The highest BCUT2D eigenvalue weighted by Gasteiger charge is 2.26. The van der Waals surface area contributed by atoms with Crippen LogP contribution in [0.25, 0.3) is 27.6 Å². The van der Waals surface area contributed by atoms with Crippen molar-refractivity contribution in [1.29, 1.82) is 0 Å². The summed E-state index contributed by atoms with van der Waals surface area (Å²) >= 11 is 0. The summed E-state index contributed by atoms with van der Waals surface area (Å²) in [6, 6.07) is 33.4. The Balaban J connectivity index is 1.34. The first-order valence-corrected chi connectivity index (χ1v) is 15.2. The quantitative estimate of drug-likeness (QED) is 0.207. The number of hydrogen-bond donors (Lipinski definition) is 0. The summed E-state index contributed by atoms with van der Waals surface area (Å²) in [5.41, 5.74) is 7.22. The van der Waals surface area contributed by atoms with Crippen molar-refractivity contribution in [3.8, 4) is 17.3 Å². The molecule has 0 N–H and O–H groups in total. The third-order valence-electron chi connectivity index (χ3n) is 8.57. The lowest BCUT2D eigenvalue weighted by atomic mass is 9.86. The van der Waals surface area contributed by atoms with E-state index in [9.17, 15) is 0 Å². The largest absolute Gasteiger partial charge is 0.457 e. The van der Waals surface area contributed by atoms with Gasteiger partial charge in [-0.05, 0) is 76.6 Å². The van der Waals surface area contributed by atoms with Crippen molar-refractivity contribution in [2.24, 2.45) is 0 Å². The number of ether oxygens (including phenoxy) is 1. The average molecular weight is 583 g/mol. The Morgan fingerprint density at radius 1 is 0.682 bits per heavy atom. The van der Waals surface area contributed by atoms with Gasteiger partial charge in [-0.2, -0.15) is 0 Å². The number of benzene rings is 4. The van der Waals surface area contributed by atoms with Gasteiger partial charge in [0.2, 0.25) is 0 Å². The van der Waals surface area contributed by atoms with Crippen molar-refractivity contribution in [2.45, 2.75) is 52.4 Å². The first kappa shape index (κ1) is 25.7. The summed E-state index contributed by atoms with van der Waals surface area (Å²) in [5, 5.41) is 2.31. The van der Waals surface area contributed by atoms with E-state index in [1.165, 1.54) is 10.9 Å². The third kappa shape index (κ3) is 4.86. The molecule has 7 rings (SSSR count). The molecule has 0 saturated carbocycles. The molecule has 0 fully saturated rings. The van der Waals surface area contributed by atoms with Gasteiger partial charge in [-0.1, -0.05) is 71.9 Å². The zero-order valence-corrected chi connectivity index (χ0v) is 26.3. The van der Waals surface area contributed by atoms with E-state index in [1.54, 1.807) is 4.90 Å². The third-order valence-corrected chi connectivity index (χ3v) is 8.57. The van der Waals surface area contributed by atoms with Crippen molar-refractivity contribution < 1.29 is 7.48 Å². The van der Waals surface area contributed by atoms with E-state index in [2.05, 4.69) is 124 Å². The van der Waals surface area contributed by atoms with Gasteiger partial charge in [-0.25, -0.2) is 4.98 Å². The molecule has 1 aliphatic heterocycles. The highest BCUT2D eigenvalue weighted by molar-refractivity contribution is 6.09. The lowest BCUT2D eigenvalue weighted by Gasteiger charge is -2.25. The predicted octanol–water partition coefficient (Wildman–Crippen LogP) is 10.1. The first-order valence-electron chi connectivity index (χ1n) is 16.4. The number of aromatic nitrogens is 2. The second kappa shape index (κ2) is 10.2. The van der Waals surface area contributed by atoms with Gasteiger partial charge in [0, 0.05) is 44.5 Å². The van der Waals surface area contributed by atoms with Gasteiger partial charge >= 0.3 is 0 Å². The normalized spacial score (nSPS) is 14.3. The van der Waals surface area contributed by atoms with Gasteiger partial charge in [-0.3, -0.25) is 4.57 Å². The monoisotopic (exact) mass is 582 g/mol. The van der Waals surface area contributed by atoms with Gasteiger partial charge in [0.25, 0.3) is 0 Å². The van der Waals surface area contributed by atoms with Gasteiger partial charge in [0.05, 0.1) is 29.1 Å². The Hall–Kier alpha value is -4.77. The molecule has 2 aromatic heterocycles. The maximum atomic E-state index is 8.15. The lowest BCUT2D eigenvalue weighted by Crippen LogP contribution is -2.24. The molecular weight excluding hydrogens is 540 g/mol. The molecule has 6 aromatic rings. The molecule has 0 spiro atoms. The maximum absolute atomic E-state index is 8.15. The van der Waals surface area contributed by atoms with Gasteiger partial charge in [0.15, 0.2) is 0 Å². The van der Waals surface area contributed by atoms with E-state index in [4.69, 9.17) is 12.5 Å². The summed E-state index contributed by atoms with van der Waals surface area (Å²) in [7, 11) is 0. The highest BCUT2D eigenvalue weighted by atomic mass is 16.5. The number of para-hydroxylation sites is 3. The van der Waals surface area contributed by atoms with Gasteiger partial charge in [0.1, 0.15) is 17.3 Å². The molecule has 0 bridgehead atoms. The molecule has 0 aliphatic carbocycles. The Bertz CT molecular complexity index is 2090. The van der Waals surface area contributed by atoms with Crippen LogP contribution in [0.15, 0.2) is 103 Å². The minimum absolute atomic E-state index is 0.00434. The van der Waals surface area contributed by atoms with E-state index in [1.807, 2.05) is 30.5 Å². The molecule has 0 saturated heterocycles. The number of hydrogen-bond acceptors (Lipinski definition) is 4. The fourth-order valence-electron chi connectivity index (χ4n) is 6.10. The smallest absolute Gasteiger partial charge is 0.137 e. The lowest BCUT2D eigenvalue weighted by molar-refractivity contribution is 0.479. The van der Waals surface area contributed by atoms with Crippen LogP contribution in [0.1, 0.15) is 55.4 Å². The Kier molecular flexibility index (Phi) is 5.93. The van der Waals surface area contributed by atoms with Crippen LogP contribution in [0.3, 0.4) is 0 Å². The van der Waals surface area contributed by atoms with Crippen LogP contribution in [-0.4, -0.2) is 23.2 Å². The second-order valence-electron chi connectivity index (χ2n) is 13.8. The van der Waals surface area contributed by atoms with E-state index in [0.717, 1.165) is 56.4 Å². The number of fused-ring (bicyclic) bond motifs is 4. The van der Waals surface area contributed by atoms with Crippen LogP contribution in [0.2, 0.25) is 0 Å². The van der Waals surface area contributed by atoms with Crippen LogP contribution in [0, 0.1) is 0 Å². The molecule has 0 amide bonds. The average Bonchev–Trinajstić information content (AvgIpc) is 3.56. The number of pyridine rings is 1. The molecule has 44 heavy (non-hydrogen) atoms. The fourth-order valence-corrected chi connectivity index (χ4v) is 6.10. The minimum Gasteiger partial charge on any atom is -0.457 e. The van der Waals surface area contributed by atoms with Crippen molar-refractivity contribution in [3.05, 3.63) is 114 Å². The van der Waals surface area contributed by atoms with Gasteiger partial charge < -0.3 is 14.5 Å². The van der Waals surface area contributed by atoms with E-state index in [-0.39, 0.29) is 10.8 Å². The molecule has 0 radical (unpaired) electrons. The topological polar surface area (TPSA) is 33.5 Å². The molecule has 222 valence electrons. The van der Waals surface area contributed by atoms with Gasteiger partial charge in [-0.15, -0.1) is 0 Å². The Labute approximate surface area is 263 Å². The summed E-state index contributed by atoms with van der Waals surface area (Å²) < 4.78 is 25.2. The molecule has 0 unspecified atom stereocenters. The second-order valence-corrected chi connectivity index (χ2v) is 13.8. The molecule has 1 aliphatic rings. The highest BCUT2D eigenvalue weighted by Crippen LogP contribution is 2.43. The summed E-state index contributed by atoms with van der Waals surface area (Å²) in [6.07, 6.45) is 1.90. The minimum atomic E-state index is -1.11. The van der Waals surface area contributed by atoms with Crippen LogP contribution in [-0.2, 0) is 10.8 Å². The van der Waals surface area contributed by atoms with E-state index in [0.29, 0.717) is 6.67 Å². The molecule has 0 atom stereocenters. The number of anilines is 3. The van der Waals surface area contributed by atoms with Crippen LogP contribution >= 0.6 is 0 Å².